The van der Waals surface area contributed by atoms with E-state index in [1.54, 1.807) is 12.3 Å². The van der Waals surface area contributed by atoms with Crippen LogP contribution in [0, 0.1) is 6.92 Å². The molecule has 2 rings (SSSR count). The van der Waals surface area contributed by atoms with Crippen LogP contribution in [0.15, 0.2) is 21.2 Å². The molecule has 0 aromatic carbocycles. The number of nitrogens with one attached hydrogen (secondary N) is 1. The highest BCUT2D eigenvalue weighted by Crippen LogP contribution is 2.14. The third-order valence-corrected chi connectivity index (χ3v) is 3.41. The molecular weight excluding hydrogens is 268 g/mol. The number of rotatable bonds is 2. The fraction of sp³-hybridized carbons (Fsp3) is 0.273. The molecular formula is C11H12N4O3S. The van der Waals surface area contributed by atoms with Gasteiger partial charge in [0.2, 0.25) is 0 Å². The average Bonchev–Trinajstić information content (AvgIpc) is 2.76. The van der Waals surface area contributed by atoms with Crippen molar-refractivity contribution in [2.45, 2.75) is 6.92 Å². The summed E-state index contributed by atoms with van der Waals surface area (Å²) in [4.78, 5) is 39.4. The number of hydrogen-bond acceptors (Lipinski definition) is 5. The molecule has 0 atom stereocenters. The number of hydrogen-bond donors (Lipinski definition) is 1. The van der Waals surface area contributed by atoms with E-state index in [0.717, 1.165) is 10.3 Å². The quantitative estimate of drug-likeness (QED) is 0.845. The van der Waals surface area contributed by atoms with Gasteiger partial charge in [-0.3, -0.25) is 19.5 Å². The van der Waals surface area contributed by atoms with E-state index in [0.29, 0.717) is 5.13 Å². The second-order valence-corrected chi connectivity index (χ2v) is 4.91. The molecule has 0 unspecified atom stereocenters. The van der Waals surface area contributed by atoms with Gasteiger partial charge in [-0.1, -0.05) is 0 Å². The van der Waals surface area contributed by atoms with Crippen molar-refractivity contribution in [3.8, 4) is 0 Å². The molecule has 2 heterocycles. The Morgan fingerprint density at radius 1 is 1.37 bits per heavy atom. The normalized spacial score (nSPS) is 10.5. The minimum Gasteiger partial charge on any atom is -0.303 e. The zero-order valence-electron chi connectivity index (χ0n) is 10.6. The molecule has 19 heavy (non-hydrogen) atoms. The van der Waals surface area contributed by atoms with Gasteiger partial charge in [-0.05, 0) is 6.92 Å². The van der Waals surface area contributed by atoms with Gasteiger partial charge in [-0.15, -0.1) is 11.3 Å². The van der Waals surface area contributed by atoms with Crippen LogP contribution in [0.3, 0.4) is 0 Å². The number of anilines is 1. The molecule has 0 radical (unpaired) electrons. The van der Waals surface area contributed by atoms with Crippen LogP contribution in [0.1, 0.15) is 16.1 Å². The van der Waals surface area contributed by atoms with Crippen LogP contribution in [0.25, 0.3) is 0 Å². The molecule has 100 valence electrons. The van der Waals surface area contributed by atoms with Crippen LogP contribution < -0.4 is 16.6 Å². The monoisotopic (exact) mass is 280 g/mol. The van der Waals surface area contributed by atoms with E-state index < -0.39 is 17.2 Å². The van der Waals surface area contributed by atoms with E-state index in [9.17, 15) is 14.4 Å². The molecule has 0 saturated carbocycles. The summed E-state index contributed by atoms with van der Waals surface area (Å²) >= 11 is 1.27. The molecule has 8 heteroatoms. The molecule has 1 amide bonds. The van der Waals surface area contributed by atoms with Crippen LogP contribution >= 0.6 is 11.3 Å². The van der Waals surface area contributed by atoms with Crippen molar-refractivity contribution < 1.29 is 4.79 Å². The molecule has 7 nitrogen and oxygen atoms in total. The van der Waals surface area contributed by atoms with Gasteiger partial charge in [0.1, 0.15) is 5.56 Å². The SMILES string of the molecule is Cc1csc(NC(=O)c2cn(C)c(=O)n(C)c2=O)n1. The number of nitrogens with zero attached hydrogens (tertiary/aromatic N) is 3. The highest BCUT2D eigenvalue weighted by Gasteiger charge is 2.15. The van der Waals surface area contributed by atoms with Crippen LogP contribution in [-0.4, -0.2) is 20.0 Å². The Kier molecular flexibility index (Phi) is 3.34. The standard InChI is InChI=1S/C11H12N4O3S/c1-6-5-19-10(12-6)13-8(16)7-4-14(2)11(18)15(3)9(7)17/h4-5H,1-3H3,(H,12,13,16). The lowest BCUT2D eigenvalue weighted by Crippen LogP contribution is -2.40. The zero-order valence-corrected chi connectivity index (χ0v) is 11.4. The molecule has 2 aromatic rings. The van der Waals surface area contributed by atoms with Crippen molar-refractivity contribution >= 4 is 22.4 Å². The number of thiazole rings is 1. The van der Waals surface area contributed by atoms with E-state index in [-0.39, 0.29) is 5.56 Å². The molecule has 0 aliphatic rings. The smallest absolute Gasteiger partial charge is 0.303 e. The maximum atomic E-state index is 12.0. The fourth-order valence-corrected chi connectivity index (χ4v) is 2.22. The molecule has 0 saturated heterocycles. The van der Waals surface area contributed by atoms with Crippen molar-refractivity contribution in [1.29, 1.82) is 0 Å². The average molecular weight is 280 g/mol. The summed E-state index contributed by atoms with van der Waals surface area (Å²) in [6.07, 6.45) is 1.22. The highest BCUT2D eigenvalue weighted by molar-refractivity contribution is 7.13. The summed E-state index contributed by atoms with van der Waals surface area (Å²) in [5.74, 6) is -0.578. The van der Waals surface area contributed by atoms with E-state index in [1.807, 2.05) is 0 Å². The number of carbonyl (C=O) groups excluding carboxylic acids is 1. The Bertz CT molecular complexity index is 756. The lowest BCUT2D eigenvalue weighted by molar-refractivity contribution is 0.102. The topological polar surface area (TPSA) is 86.0 Å². The summed E-state index contributed by atoms with van der Waals surface area (Å²) in [5.41, 5.74) is -0.424. The molecule has 2 aromatic heterocycles. The van der Waals surface area contributed by atoms with Gasteiger partial charge in [-0.25, -0.2) is 9.78 Å². The summed E-state index contributed by atoms with van der Waals surface area (Å²) in [7, 11) is 2.81. The minimum absolute atomic E-state index is 0.0996. The number of aryl methyl sites for hydroxylation is 2. The van der Waals surface area contributed by atoms with Gasteiger partial charge in [0.15, 0.2) is 5.13 Å². The van der Waals surface area contributed by atoms with E-state index >= 15 is 0 Å². The van der Waals surface area contributed by atoms with Crippen molar-refractivity contribution in [2.75, 3.05) is 5.32 Å². The predicted molar refractivity (Wildman–Crippen MR) is 71.7 cm³/mol. The molecule has 0 spiro atoms. The van der Waals surface area contributed by atoms with Gasteiger partial charge < -0.3 is 4.57 Å². The second-order valence-electron chi connectivity index (χ2n) is 4.05. The lowest BCUT2D eigenvalue weighted by Gasteiger charge is -2.06. The third-order valence-electron chi connectivity index (χ3n) is 2.53. The third kappa shape index (κ3) is 2.48. The molecule has 0 bridgehead atoms. The Morgan fingerprint density at radius 3 is 2.63 bits per heavy atom. The van der Waals surface area contributed by atoms with E-state index in [1.165, 1.54) is 36.2 Å². The van der Waals surface area contributed by atoms with Crippen molar-refractivity contribution in [1.82, 2.24) is 14.1 Å². The Hall–Kier alpha value is -2.22. The lowest BCUT2D eigenvalue weighted by atomic mass is 10.3. The summed E-state index contributed by atoms with van der Waals surface area (Å²) in [6, 6.07) is 0. The highest BCUT2D eigenvalue weighted by atomic mass is 32.1. The van der Waals surface area contributed by atoms with Crippen LogP contribution in [-0.2, 0) is 14.1 Å². The second kappa shape index (κ2) is 4.81. The fourth-order valence-electron chi connectivity index (χ4n) is 1.54. The van der Waals surface area contributed by atoms with Gasteiger partial charge >= 0.3 is 5.69 Å². The Labute approximate surface area is 112 Å². The van der Waals surface area contributed by atoms with E-state index in [4.69, 9.17) is 0 Å². The van der Waals surface area contributed by atoms with Crippen LogP contribution in [0.2, 0.25) is 0 Å². The first-order chi connectivity index (χ1) is 8.90. The van der Waals surface area contributed by atoms with Crippen LogP contribution in [0.5, 0.6) is 0 Å². The minimum atomic E-state index is -0.631. The summed E-state index contributed by atoms with van der Waals surface area (Å²) in [6.45, 7) is 1.80. The zero-order chi connectivity index (χ0) is 14.2. The maximum Gasteiger partial charge on any atom is 0.330 e. The van der Waals surface area contributed by atoms with Crippen molar-refractivity contribution in [2.24, 2.45) is 14.1 Å². The first-order valence-corrected chi connectivity index (χ1v) is 6.28. The maximum absolute atomic E-state index is 12.0. The molecule has 1 N–H and O–H groups in total. The predicted octanol–water partition coefficient (Wildman–Crippen LogP) is 0.101. The number of amides is 1. The van der Waals surface area contributed by atoms with Gasteiger partial charge in [0, 0.05) is 25.7 Å². The first-order valence-electron chi connectivity index (χ1n) is 5.40. The molecule has 0 aliphatic heterocycles. The first kappa shape index (κ1) is 13.2. The van der Waals surface area contributed by atoms with Crippen LogP contribution in [0.4, 0.5) is 5.13 Å². The van der Waals surface area contributed by atoms with Gasteiger partial charge in [0.25, 0.3) is 11.5 Å². The summed E-state index contributed by atoms with van der Waals surface area (Å²) < 4.78 is 2.07. The molecule has 0 fully saturated rings. The Morgan fingerprint density at radius 2 is 2.05 bits per heavy atom. The van der Waals surface area contributed by atoms with Crippen molar-refractivity contribution in [3.63, 3.8) is 0 Å². The van der Waals surface area contributed by atoms with Gasteiger partial charge in [-0.2, -0.15) is 0 Å². The number of aromatic nitrogens is 3. The van der Waals surface area contributed by atoms with Crippen molar-refractivity contribution in [3.05, 3.63) is 43.7 Å². The molecule has 0 aliphatic carbocycles. The largest absolute Gasteiger partial charge is 0.330 e. The van der Waals surface area contributed by atoms with E-state index in [2.05, 4.69) is 10.3 Å². The van der Waals surface area contributed by atoms with Gasteiger partial charge in [0.05, 0.1) is 5.69 Å². The Balaban J connectivity index is 2.40. The number of carbonyl (C=O) groups is 1. The summed E-state index contributed by atoms with van der Waals surface area (Å²) in [5, 5.41) is 4.73.